The summed E-state index contributed by atoms with van der Waals surface area (Å²) in [4.78, 5) is 115. The van der Waals surface area contributed by atoms with Gasteiger partial charge in [0.15, 0.2) is 24.7 Å². The van der Waals surface area contributed by atoms with Crippen molar-refractivity contribution in [3.05, 3.63) is 0 Å². The van der Waals surface area contributed by atoms with Crippen molar-refractivity contribution in [3.63, 3.8) is 0 Å². The van der Waals surface area contributed by atoms with Crippen LogP contribution in [0, 0.1) is 5.92 Å². The molecule has 8 amide bonds. The van der Waals surface area contributed by atoms with Crippen LogP contribution in [0.1, 0.15) is 156 Å². The van der Waals surface area contributed by atoms with Gasteiger partial charge in [-0.15, -0.1) is 0 Å². The third-order valence-electron chi connectivity index (χ3n) is 16.3. The Morgan fingerprint density at radius 3 is 1.13 bits per heavy atom. The molecule has 17 atom stereocenters. The van der Waals surface area contributed by atoms with E-state index < -0.39 is 153 Å². The monoisotopic (exact) mass is 1370 g/mol. The van der Waals surface area contributed by atoms with E-state index in [-0.39, 0.29) is 114 Å². The van der Waals surface area contributed by atoms with Crippen LogP contribution >= 0.6 is 0 Å². The molecule has 3 rings (SSSR count). The highest BCUT2D eigenvalue weighted by Gasteiger charge is 2.48. The quantitative estimate of drug-likeness (QED) is 0.0257. The van der Waals surface area contributed by atoms with E-state index in [9.17, 15) is 89.1 Å². The third-order valence-corrected chi connectivity index (χ3v) is 16.3. The van der Waals surface area contributed by atoms with Gasteiger partial charge in [0.2, 0.25) is 47.3 Å². The molecule has 0 aromatic heterocycles. The van der Waals surface area contributed by atoms with E-state index >= 15 is 0 Å². The van der Waals surface area contributed by atoms with E-state index in [1.807, 2.05) is 0 Å². The van der Waals surface area contributed by atoms with Gasteiger partial charge in [0.05, 0.1) is 25.9 Å². The molecule has 33 heteroatoms. The largest absolute Gasteiger partial charge is 0.394 e. The van der Waals surface area contributed by atoms with Crippen LogP contribution in [0.25, 0.3) is 0 Å². The molecule has 0 aromatic carbocycles. The fraction of sp³-hybridized carbons (Fsp3) is 0.855. The maximum atomic E-state index is 14.4. The maximum absolute atomic E-state index is 14.4. The van der Waals surface area contributed by atoms with E-state index in [4.69, 9.17) is 33.2 Å². The Morgan fingerprint density at radius 1 is 0.400 bits per heavy atom. The van der Waals surface area contributed by atoms with Gasteiger partial charge in [0, 0.05) is 119 Å². The first kappa shape index (κ1) is 84.0. The van der Waals surface area contributed by atoms with E-state index in [2.05, 4.69) is 42.5 Å². The second kappa shape index (κ2) is 47.7. The van der Waals surface area contributed by atoms with Crippen LogP contribution in [0.4, 0.5) is 0 Å². The molecule has 0 spiro atoms. The summed E-state index contributed by atoms with van der Waals surface area (Å²) in [7, 11) is 1.58. The van der Waals surface area contributed by atoms with Crippen molar-refractivity contribution in [3.8, 4) is 0 Å². The minimum Gasteiger partial charge on any atom is -0.394 e. The molecule has 17 N–H and O–H groups in total. The Kier molecular flexibility index (Phi) is 42.2. The minimum atomic E-state index is -1.52. The number of carbonyl (C=O) groups excluding carboxylic acids is 9. The second-order valence-electron chi connectivity index (χ2n) is 24.3. The molecule has 3 aliphatic rings. The fourth-order valence-electron chi connectivity index (χ4n) is 11.0. The second-order valence-corrected chi connectivity index (χ2v) is 24.3. The SMILES string of the molecule is COCCCNC(=O)CCCCCNC(=O)C(CCCCNC(=O)CCCCOC1OC(CO)C(O)C(O)C1NC(C)=O)CC(=O)C(CCCCNC(=O)CCCCOC1OC(CO)C(O)C(O)C1NC(C)=O)NC(=O)CCCCOC1OC(CO)C(O)C(O)C1NC(C)=O. The molecule has 0 bridgehead atoms. The van der Waals surface area contributed by atoms with Gasteiger partial charge in [-0.1, -0.05) is 12.8 Å². The van der Waals surface area contributed by atoms with Crippen LogP contribution in [0.3, 0.4) is 0 Å². The number of unbranched alkanes of at least 4 members (excludes halogenated alkanes) is 7. The van der Waals surface area contributed by atoms with E-state index in [1.54, 1.807) is 7.11 Å². The van der Waals surface area contributed by atoms with Gasteiger partial charge in [-0.25, -0.2) is 0 Å². The zero-order valence-electron chi connectivity index (χ0n) is 55.5. The van der Waals surface area contributed by atoms with Crippen molar-refractivity contribution in [2.75, 3.05) is 79.5 Å². The van der Waals surface area contributed by atoms with Crippen molar-refractivity contribution < 1.29 is 122 Å². The predicted octanol–water partition coefficient (Wildman–Crippen LogP) is -4.16. The maximum Gasteiger partial charge on any atom is 0.223 e. The first-order chi connectivity index (χ1) is 45.5. The van der Waals surface area contributed by atoms with Crippen molar-refractivity contribution in [1.82, 2.24) is 42.5 Å². The zero-order valence-corrected chi connectivity index (χ0v) is 55.5. The number of rotatable bonds is 49. The van der Waals surface area contributed by atoms with Gasteiger partial charge in [-0.3, -0.25) is 43.2 Å². The summed E-state index contributed by atoms with van der Waals surface area (Å²) in [6.45, 7) is 3.67. The predicted molar refractivity (Wildman–Crippen MR) is 335 cm³/mol. The highest BCUT2D eigenvalue weighted by atomic mass is 16.7. The zero-order chi connectivity index (χ0) is 70.2. The van der Waals surface area contributed by atoms with Crippen LogP contribution in [0.5, 0.6) is 0 Å². The lowest BCUT2D eigenvalue weighted by Gasteiger charge is -2.42. The Balaban J connectivity index is 1.63. The fourth-order valence-corrected chi connectivity index (χ4v) is 11.0. The van der Waals surface area contributed by atoms with E-state index in [0.717, 1.165) is 0 Å². The Labute approximate surface area is 555 Å². The number of hydrogen-bond acceptors (Lipinski definition) is 25. The lowest BCUT2D eigenvalue weighted by molar-refractivity contribution is -0.270. The topological polar surface area (TPSA) is 497 Å². The number of amides is 8. The highest BCUT2D eigenvalue weighted by molar-refractivity contribution is 5.92. The van der Waals surface area contributed by atoms with Gasteiger partial charge >= 0.3 is 0 Å². The number of Topliss-reactive ketones (excluding diaryl/α,β-unsaturated/α-hetero) is 1. The lowest BCUT2D eigenvalue weighted by Crippen LogP contribution is -2.64. The minimum absolute atomic E-state index is 0.0240. The van der Waals surface area contributed by atoms with Crippen molar-refractivity contribution in [2.24, 2.45) is 5.92 Å². The van der Waals surface area contributed by atoms with Gasteiger partial charge in [-0.05, 0) is 89.9 Å². The van der Waals surface area contributed by atoms with E-state index in [0.29, 0.717) is 96.6 Å². The molecule has 33 nitrogen and oxygen atoms in total. The van der Waals surface area contributed by atoms with Crippen molar-refractivity contribution >= 4 is 53.0 Å². The number of aliphatic hydroxyl groups is 9. The van der Waals surface area contributed by atoms with Gasteiger partial charge in [-0.2, -0.15) is 0 Å². The summed E-state index contributed by atoms with van der Waals surface area (Å²) < 4.78 is 39.1. The summed E-state index contributed by atoms with van der Waals surface area (Å²) in [5.74, 6) is -4.27. The molecule has 0 aromatic rings. The van der Waals surface area contributed by atoms with Gasteiger partial charge < -0.3 is 122 Å². The smallest absolute Gasteiger partial charge is 0.223 e. The van der Waals surface area contributed by atoms with Crippen LogP contribution in [0.15, 0.2) is 0 Å². The Bertz CT molecular complexity index is 2280. The molecule has 3 heterocycles. The number of carbonyl (C=O) groups is 9. The lowest BCUT2D eigenvalue weighted by atomic mass is 9.91. The van der Waals surface area contributed by atoms with Gasteiger partial charge in [0.1, 0.15) is 73.1 Å². The average Bonchev–Trinajstić information content (AvgIpc) is 1.52. The van der Waals surface area contributed by atoms with Crippen LogP contribution in [0.2, 0.25) is 0 Å². The molecular weight excluding hydrogens is 1260 g/mol. The number of aliphatic hydroxyl groups excluding tert-OH is 9. The molecule has 3 aliphatic heterocycles. The average molecular weight is 1370 g/mol. The molecule has 3 saturated heterocycles. The number of hydrogen-bond donors (Lipinski definition) is 17. The van der Waals surface area contributed by atoms with Crippen molar-refractivity contribution in [1.29, 1.82) is 0 Å². The first-order valence-electron chi connectivity index (χ1n) is 33.4. The molecular formula is C62H110N8O25. The summed E-state index contributed by atoms with van der Waals surface area (Å²) in [6, 6.07) is -4.43. The van der Waals surface area contributed by atoms with Gasteiger partial charge in [0.25, 0.3) is 0 Å². The number of ketones is 1. The molecule has 548 valence electrons. The van der Waals surface area contributed by atoms with Crippen LogP contribution < -0.4 is 42.5 Å². The molecule has 17 unspecified atom stereocenters. The number of nitrogens with one attached hydrogen (secondary N) is 8. The molecule has 95 heavy (non-hydrogen) atoms. The summed E-state index contributed by atoms with van der Waals surface area (Å²) in [6.07, 6.45) is -9.25. The molecule has 0 aliphatic carbocycles. The highest BCUT2D eigenvalue weighted by Crippen LogP contribution is 2.26. The van der Waals surface area contributed by atoms with Crippen LogP contribution in [-0.2, 0) is 76.3 Å². The summed E-state index contributed by atoms with van der Waals surface area (Å²) >= 11 is 0. The molecule has 3 fully saturated rings. The van der Waals surface area contributed by atoms with E-state index in [1.165, 1.54) is 20.8 Å². The molecule has 0 saturated carbocycles. The standard InChI is InChI=1S/C62H110N8O25/c1-37(74)67-50-56(85)53(82)43(34-71)93-60(50)90-30-15-9-22-47(79)63-25-13-7-19-40(59(88)66-27-12-5-6-21-46(78)65-28-18-29-89-4)33-42(77)41(70-49(81)24-11-17-32-92-62-52(69-39(3)76)58(87)55(84)45(36-73)95-62)20-8-14-26-64-48(80)23-10-16-31-91-61-51(68-38(2)75)57(86)54(83)44(35-72)94-61/h40-41,43-45,50-58,60-62,71-73,82-87H,5-36H2,1-4H3,(H,63,79)(H,64,80)(H,65,78)(H,66,88)(H,67,74)(H,68,75)(H,69,76)(H,70,81). The third kappa shape index (κ3) is 32.3. The summed E-state index contributed by atoms with van der Waals surface area (Å²) in [5, 5.41) is 113. The molecule has 0 radical (unpaired) electrons. The first-order valence-corrected chi connectivity index (χ1v) is 33.4. The number of ether oxygens (including phenoxy) is 7. The Hall–Kier alpha value is -5.21. The summed E-state index contributed by atoms with van der Waals surface area (Å²) in [5.41, 5.74) is 0. The van der Waals surface area contributed by atoms with Crippen LogP contribution in [-0.4, -0.2) is 277 Å². The van der Waals surface area contributed by atoms with Crippen molar-refractivity contribution in [2.45, 2.75) is 254 Å². The normalized spacial score (nSPS) is 26.5. The number of methoxy groups -OCH3 is 1. The Morgan fingerprint density at radius 2 is 0.747 bits per heavy atom.